The van der Waals surface area contributed by atoms with Gasteiger partial charge in [-0.3, -0.25) is 9.10 Å². The number of ether oxygens (including phenoxy) is 2. The van der Waals surface area contributed by atoms with Crippen LogP contribution in [-0.4, -0.2) is 40.3 Å². The number of amides is 1. The van der Waals surface area contributed by atoms with E-state index in [-0.39, 0.29) is 18.3 Å². The highest BCUT2D eigenvalue weighted by Crippen LogP contribution is 2.32. The maximum atomic E-state index is 12.4. The zero-order chi connectivity index (χ0) is 21.6. The number of carbonyl (C=O) groups is 1. The van der Waals surface area contributed by atoms with E-state index in [1.54, 1.807) is 12.1 Å². The summed E-state index contributed by atoms with van der Waals surface area (Å²) in [5, 5.41) is 3.06. The van der Waals surface area contributed by atoms with E-state index in [9.17, 15) is 13.2 Å². The third kappa shape index (κ3) is 6.83. The van der Waals surface area contributed by atoms with E-state index in [1.165, 1.54) is 13.2 Å². The van der Waals surface area contributed by atoms with Gasteiger partial charge in [0, 0.05) is 11.6 Å². The van der Waals surface area contributed by atoms with Crippen molar-refractivity contribution in [1.82, 2.24) is 5.32 Å². The summed E-state index contributed by atoms with van der Waals surface area (Å²) in [6.07, 6.45) is 1.10. The van der Waals surface area contributed by atoms with Crippen LogP contribution < -0.4 is 19.1 Å². The molecule has 0 aliphatic rings. The molecule has 0 aromatic heterocycles. The molecule has 2 aromatic rings. The second-order valence-electron chi connectivity index (χ2n) is 6.67. The van der Waals surface area contributed by atoms with E-state index < -0.39 is 22.5 Å². The van der Waals surface area contributed by atoms with Gasteiger partial charge in [-0.1, -0.05) is 23.7 Å². The van der Waals surface area contributed by atoms with Crippen molar-refractivity contribution < 1.29 is 22.7 Å². The molecule has 0 unspecified atom stereocenters. The Kier molecular flexibility index (Phi) is 7.75. The minimum atomic E-state index is -3.75. The minimum absolute atomic E-state index is 0.0750. The number of carbonyl (C=O) groups excluding carboxylic acids is 1. The summed E-state index contributed by atoms with van der Waals surface area (Å²) >= 11 is 6.00. The number of nitrogens with one attached hydrogen (secondary N) is 1. The second kappa shape index (κ2) is 9.84. The van der Waals surface area contributed by atoms with Crippen molar-refractivity contribution in [2.75, 3.05) is 24.2 Å². The SMILES string of the molecule is COc1ccc(Cl)cc1N(CC(=O)NCc1ccc(OC(C)C)cc1)S(C)(=O)=O. The Hall–Kier alpha value is -2.45. The maximum Gasteiger partial charge on any atom is 0.241 e. The molecule has 0 saturated carbocycles. The van der Waals surface area contributed by atoms with Crippen LogP contribution in [0, 0.1) is 0 Å². The van der Waals surface area contributed by atoms with Crippen LogP contribution in [-0.2, 0) is 21.4 Å². The molecule has 1 amide bonds. The van der Waals surface area contributed by atoms with Gasteiger partial charge < -0.3 is 14.8 Å². The predicted octanol–water partition coefficient (Wildman–Crippen LogP) is 3.22. The number of rotatable bonds is 9. The van der Waals surface area contributed by atoms with Crippen molar-refractivity contribution in [1.29, 1.82) is 0 Å². The van der Waals surface area contributed by atoms with Crippen LogP contribution in [0.1, 0.15) is 19.4 Å². The number of halogens is 1. The molecule has 29 heavy (non-hydrogen) atoms. The monoisotopic (exact) mass is 440 g/mol. The van der Waals surface area contributed by atoms with Crippen molar-refractivity contribution in [2.24, 2.45) is 0 Å². The Labute approximate surface area is 176 Å². The summed E-state index contributed by atoms with van der Waals surface area (Å²) in [5.41, 5.74) is 1.06. The van der Waals surface area contributed by atoms with Crippen LogP contribution in [0.3, 0.4) is 0 Å². The fourth-order valence-electron chi connectivity index (χ4n) is 2.58. The molecule has 2 rings (SSSR count). The Morgan fingerprint density at radius 3 is 2.38 bits per heavy atom. The highest BCUT2D eigenvalue weighted by atomic mass is 35.5. The molecule has 0 spiro atoms. The van der Waals surface area contributed by atoms with Gasteiger partial charge >= 0.3 is 0 Å². The summed E-state index contributed by atoms with van der Waals surface area (Å²) in [6, 6.07) is 11.9. The number of hydrogen-bond acceptors (Lipinski definition) is 5. The van der Waals surface area contributed by atoms with Crippen LogP contribution in [0.2, 0.25) is 5.02 Å². The standard InChI is InChI=1S/C20H25ClN2O5S/c1-14(2)28-17-8-5-15(6-9-17)12-22-20(24)13-23(29(4,25)26)18-11-16(21)7-10-19(18)27-3/h5-11,14H,12-13H2,1-4H3,(H,22,24). The second-order valence-corrected chi connectivity index (χ2v) is 9.02. The van der Waals surface area contributed by atoms with E-state index in [1.807, 2.05) is 38.1 Å². The summed E-state index contributed by atoms with van der Waals surface area (Å²) < 4.78 is 36.3. The third-order valence-corrected chi connectivity index (χ3v) is 5.24. The molecule has 0 bridgehead atoms. The topological polar surface area (TPSA) is 84.9 Å². The third-order valence-electron chi connectivity index (χ3n) is 3.88. The Morgan fingerprint density at radius 2 is 1.83 bits per heavy atom. The molecule has 7 nitrogen and oxygen atoms in total. The number of methoxy groups -OCH3 is 1. The zero-order valence-electron chi connectivity index (χ0n) is 16.8. The van der Waals surface area contributed by atoms with Crippen LogP contribution in [0.5, 0.6) is 11.5 Å². The van der Waals surface area contributed by atoms with Crippen LogP contribution in [0.15, 0.2) is 42.5 Å². The first-order valence-corrected chi connectivity index (χ1v) is 11.2. The molecule has 0 saturated heterocycles. The van der Waals surface area contributed by atoms with Gasteiger partial charge in [0.05, 0.1) is 25.2 Å². The van der Waals surface area contributed by atoms with E-state index >= 15 is 0 Å². The number of sulfonamides is 1. The molecule has 0 aliphatic carbocycles. The first-order valence-electron chi connectivity index (χ1n) is 8.93. The molecule has 0 aliphatic heterocycles. The molecule has 9 heteroatoms. The van der Waals surface area contributed by atoms with E-state index in [0.717, 1.165) is 21.9 Å². The van der Waals surface area contributed by atoms with Crippen LogP contribution in [0.25, 0.3) is 0 Å². The van der Waals surface area contributed by atoms with E-state index in [2.05, 4.69) is 5.32 Å². The quantitative estimate of drug-likeness (QED) is 0.647. The van der Waals surface area contributed by atoms with Gasteiger partial charge in [0.2, 0.25) is 15.9 Å². The van der Waals surface area contributed by atoms with E-state index in [4.69, 9.17) is 21.1 Å². The van der Waals surface area contributed by atoms with Crippen molar-refractivity contribution in [3.05, 3.63) is 53.1 Å². The normalized spacial score (nSPS) is 11.2. The predicted molar refractivity (Wildman–Crippen MR) is 114 cm³/mol. The first kappa shape index (κ1) is 22.8. The maximum absolute atomic E-state index is 12.4. The van der Waals surface area contributed by atoms with Crippen molar-refractivity contribution >= 4 is 33.2 Å². The zero-order valence-corrected chi connectivity index (χ0v) is 18.4. The average Bonchev–Trinajstić information content (AvgIpc) is 2.64. The first-order chi connectivity index (χ1) is 13.6. The molecular weight excluding hydrogens is 416 g/mol. The fourth-order valence-corrected chi connectivity index (χ4v) is 3.60. The van der Waals surface area contributed by atoms with Gasteiger partial charge in [0.25, 0.3) is 0 Å². The summed E-state index contributed by atoms with van der Waals surface area (Å²) in [4.78, 5) is 12.4. The number of anilines is 1. The molecule has 2 aromatic carbocycles. The van der Waals surface area contributed by atoms with E-state index in [0.29, 0.717) is 10.8 Å². The lowest BCUT2D eigenvalue weighted by Gasteiger charge is -2.24. The lowest BCUT2D eigenvalue weighted by Crippen LogP contribution is -2.40. The number of hydrogen-bond donors (Lipinski definition) is 1. The van der Waals surface area contributed by atoms with Crippen molar-refractivity contribution in [2.45, 2.75) is 26.5 Å². The lowest BCUT2D eigenvalue weighted by molar-refractivity contribution is -0.119. The smallest absolute Gasteiger partial charge is 0.241 e. The molecular formula is C20H25ClN2O5S. The molecule has 0 atom stereocenters. The summed E-state index contributed by atoms with van der Waals surface area (Å²) in [6.45, 7) is 3.74. The fraction of sp³-hybridized carbons (Fsp3) is 0.350. The highest BCUT2D eigenvalue weighted by Gasteiger charge is 2.24. The molecule has 0 fully saturated rings. The minimum Gasteiger partial charge on any atom is -0.495 e. The molecule has 1 N–H and O–H groups in total. The number of nitrogens with zero attached hydrogens (tertiary/aromatic N) is 1. The highest BCUT2D eigenvalue weighted by molar-refractivity contribution is 7.92. The van der Waals surface area contributed by atoms with Gasteiger partial charge in [-0.15, -0.1) is 0 Å². The Bertz CT molecular complexity index is 946. The number of benzene rings is 2. The average molecular weight is 441 g/mol. The molecule has 0 heterocycles. The Balaban J connectivity index is 2.09. The van der Waals surface area contributed by atoms with Crippen molar-refractivity contribution in [3.63, 3.8) is 0 Å². The van der Waals surface area contributed by atoms with Gasteiger partial charge in [-0.05, 0) is 49.7 Å². The van der Waals surface area contributed by atoms with Gasteiger partial charge in [-0.25, -0.2) is 8.42 Å². The largest absolute Gasteiger partial charge is 0.495 e. The van der Waals surface area contributed by atoms with Crippen LogP contribution >= 0.6 is 11.6 Å². The molecule has 158 valence electrons. The van der Waals surface area contributed by atoms with Gasteiger partial charge in [-0.2, -0.15) is 0 Å². The van der Waals surface area contributed by atoms with Gasteiger partial charge in [0.15, 0.2) is 0 Å². The molecule has 0 radical (unpaired) electrons. The summed E-state index contributed by atoms with van der Waals surface area (Å²) in [7, 11) is -2.33. The lowest BCUT2D eigenvalue weighted by atomic mass is 10.2. The van der Waals surface area contributed by atoms with Crippen LogP contribution in [0.4, 0.5) is 5.69 Å². The van der Waals surface area contributed by atoms with Gasteiger partial charge in [0.1, 0.15) is 18.0 Å². The summed E-state index contributed by atoms with van der Waals surface area (Å²) in [5.74, 6) is 0.583. The van der Waals surface area contributed by atoms with Crippen molar-refractivity contribution in [3.8, 4) is 11.5 Å². The Morgan fingerprint density at radius 1 is 1.17 bits per heavy atom.